The molecule has 1 aliphatic heterocycles. The monoisotopic (exact) mass is 476 g/mol. The Balaban J connectivity index is 1.23. The number of nitrogens with one attached hydrogen (secondary N) is 1. The summed E-state index contributed by atoms with van der Waals surface area (Å²) in [7, 11) is -3.93. The van der Waals surface area contributed by atoms with Gasteiger partial charge in [-0.15, -0.1) is 0 Å². The Kier molecular flexibility index (Phi) is 5.07. The SMILES string of the molecule is C[C@@H]1C[C@H]1c1cc(C(=O)NS(=O)(=O)N2CCC2)c(F)cc1OCC12CC3CC(CC(C3)C1)C2. The van der Waals surface area contributed by atoms with Gasteiger partial charge in [-0.05, 0) is 92.6 Å². The number of halogens is 1. The molecule has 0 aromatic heterocycles. The van der Waals surface area contributed by atoms with Crippen LogP contribution in [0.1, 0.15) is 80.1 Å². The summed E-state index contributed by atoms with van der Waals surface area (Å²) in [4.78, 5) is 12.7. The van der Waals surface area contributed by atoms with Crippen molar-refractivity contribution >= 4 is 16.1 Å². The van der Waals surface area contributed by atoms with Crippen molar-refractivity contribution in [2.24, 2.45) is 29.1 Å². The molecule has 0 radical (unpaired) electrons. The number of carbonyl (C=O) groups is 1. The third-order valence-electron chi connectivity index (χ3n) is 8.93. The normalized spacial score (nSPS) is 37.0. The first kappa shape index (κ1) is 21.8. The number of amides is 1. The minimum atomic E-state index is -3.93. The summed E-state index contributed by atoms with van der Waals surface area (Å²) in [6.45, 7) is 3.50. The molecule has 33 heavy (non-hydrogen) atoms. The van der Waals surface area contributed by atoms with Crippen molar-refractivity contribution in [3.05, 3.63) is 29.1 Å². The van der Waals surface area contributed by atoms with E-state index in [0.717, 1.165) is 36.2 Å². The molecule has 1 saturated heterocycles. The first-order valence-electron chi connectivity index (χ1n) is 12.5. The van der Waals surface area contributed by atoms with Gasteiger partial charge >= 0.3 is 10.2 Å². The Labute approximate surface area is 195 Å². The maximum atomic E-state index is 15.1. The highest BCUT2D eigenvalue weighted by atomic mass is 32.2. The van der Waals surface area contributed by atoms with E-state index >= 15 is 4.39 Å². The van der Waals surface area contributed by atoms with E-state index in [2.05, 4.69) is 6.92 Å². The van der Waals surface area contributed by atoms with Gasteiger partial charge in [0.25, 0.3) is 5.91 Å². The molecule has 1 aromatic carbocycles. The fraction of sp³-hybridized carbons (Fsp3) is 0.720. The second-order valence-corrected chi connectivity index (χ2v) is 13.3. The van der Waals surface area contributed by atoms with Gasteiger partial charge < -0.3 is 4.74 Å². The van der Waals surface area contributed by atoms with Crippen LogP contribution in [0, 0.1) is 34.9 Å². The zero-order chi connectivity index (χ0) is 23.0. The lowest BCUT2D eigenvalue weighted by Gasteiger charge is -2.56. The van der Waals surface area contributed by atoms with Gasteiger partial charge in [0.15, 0.2) is 0 Å². The van der Waals surface area contributed by atoms with Crippen LogP contribution >= 0.6 is 0 Å². The average Bonchev–Trinajstić information content (AvgIpc) is 3.39. The van der Waals surface area contributed by atoms with E-state index in [1.165, 1.54) is 55.0 Å². The van der Waals surface area contributed by atoms with Crippen LogP contribution in [-0.4, -0.2) is 38.3 Å². The Bertz CT molecular complexity index is 1050. The van der Waals surface area contributed by atoms with E-state index in [9.17, 15) is 13.2 Å². The summed E-state index contributed by atoms with van der Waals surface area (Å²) in [5.41, 5.74) is 0.814. The van der Waals surface area contributed by atoms with E-state index in [0.29, 0.717) is 31.4 Å². The summed E-state index contributed by atoms with van der Waals surface area (Å²) in [6.07, 6.45) is 9.46. The molecule has 5 saturated carbocycles. The molecule has 7 rings (SSSR count). The number of ether oxygens (including phenoxy) is 1. The van der Waals surface area contributed by atoms with Gasteiger partial charge in [0, 0.05) is 24.6 Å². The third-order valence-corrected chi connectivity index (χ3v) is 10.4. The number of rotatable bonds is 7. The molecule has 1 amide bonds. The fourth-order valence-corrected chi connectivity index (χ4v) is 8.59. The number of benzene rings is 1. The number of hydrogen-bond acceptors (Lipinski definition) is 4. The fourth-order valence-electron chi connectivity index (χ4n) is 7.38. The van der Waals surface area contributed by atoms with Gasteiger partial charge in [-0.1, -0.05) is 6.92 Å². The Hall–Kier alpha value is -1.67. The van der Waals surface area contributed by atoms with Crippen LogP contribution in [0.3, 0.4) is 0 Å². The van der Waals surface area contributed by atoms with E-state index < -0.39 is 21.9 Å². The predicted octanol–water partition coefficient (Wildman–Crippen LogP) is 4.22. The standard InChI is InChI=1S/C25H33FN2O4S/c1-15-5-19(15)20-9-21(24(29)27-33(30,31)28-3-2-4-28)22(26)10-23(20)32-14-25-11-16-6-17(12-25)8-18(7-16)13-25/h9-10,15-19H,2-8,11-14H2,1H3,(H,27,29)/t15-,16?,17?,18?,19-,25?/m1/s1. The molecule has 0 spiro atoms. The highest BCUT2D eigenvalue weighted by molar-refractivity contribution is 7.87. The molecule has 1 N–H and O–H groups in total. The first-order valence-corrected chi connectivity index (χ1v) is 13.9. The highest BCUT2D eigenvalue weighted by Crippen LogP contribution is 2.60. The lowest BCUT2D eigenvalue weighted by atomic mass is 9.50. The Morgan fingerprint density at radius 2 is 1.73 bits per heavy atom. The van der Waals surface area contributed by atoms with Crippen LogP contribution < -0.4 is 9.46 Å². The van der Waals surface area contributed by atoms with Gasteiger partial charge in [0.1, 0.15) is 11.6 Å². The molecule has 8 heteroatoms. The van der Waals surface area contributed by atoms with Crippen LogP contribution in [0.5, 0.6) is 5.75 Å². The third kappa shape index (κ3) is 3.97. The summed E-state index contributed by atoms with van der Waals surface area (Å²) >= 11 is 0. The van der Waals surface area contributed by atoms with Gasteiger partial charge in [-0.25, -0.2) is 9.11 Å². The summed E-state index contributed by atoms with van der Waals surface area (Å²) < 4.78 is 49.3. The van der Waals surface area contributed by atoms with Crippen molar-refractivity contribution < 1.29 is 22.3 Å². The van der Waals surface area contributed by atoms with Crippen molar-refractivity contribution in [3.8, 4) is 5.75 Å². The highest BCUT2D eigenvalue weighted by Gasteiger charge is 2.51. The van der Waals surface area contributed by atoms with Crippen molar-refractivity contribution in [2.75, 3.05) is 19.7 Å². The van der Waals surface area contributed by atoms with Crippen molar-refractivity contribution in [1.29, 1.82) is 0 Å². The van der Waals surface area contributed by atoms with Crippen LogP contribution in [0.2, 0.25) is 0 Å². The van der Waals surface area contributed by atoms with Crippen LogP contribution in [-0.2, 0) is 10.2 Å². The molecule has 2 atom stereocenters. The number of hydrogen-bond donors (Lipinski definition) is 1. The van der Waals surface area contributed by atoms with Gasteiger partial charge in [0.05, 0.1) is 12.2 Å². The first-order chi connectivity index (χ1) is 15.7. The second kappa shape index (κ2) is 7.67. The minimum Gasteiger partial charge on any atom is -0.493 e. The van der Waals surface area contributed by atoms with E-state index in [1.54, 1.807) is 0 Å². The van der Waals surface area contributed by atoms with Crippen molar-refractivity contribution in [1.82, 2.24) is 9.03 Å². The molecule has 0 unspecified atom stereocenters. The predicted molar refractivity (Wildman–Crippen MR) is 122 cm³/mol. The quantitative estimate of drug-likeness (QED) is 0.639. The van der Waals surface area contributed by atoms with E-state index in [1.807, 2.05) is 4.72 Å². The molecule has 5 aliphatic carbocycles. The Morgan fingerprint density at radius 3 is 2.24 bits per heavy atom. The number of nitrogens with zero attached hydrogens (tertiary/aromatic N) is 1. The van der Waals surface area contributed by atoms with Gasteiger partial charge in [-0.2, -0.15) is 12.7 Å². The van der Waals surface area contributed by atoms with Crippen LogP contribution in [0.15, 0.2) is 12.1 Å². The minimum absolute atomic E-state index is 0.207. The van der Waals surface area contributed by atoms with Crippen molar-refractivity contribution in [2.45, 2.75) is 64.2 Å². The molecule has 1 aromatic rings. The molecular formula is C25H33FN2O4S. The van der Waals surface area contributed by atoms with Crippen molar-refractivity contribution in [3.63, 3.8) is 0 Å². The lowest BCUT2D eigenvalue weighted by molar-refractivity contribution is -0.0747. The van der Waals surface area contributed by atoms with Gasteiger partial charge in [0.2, 0.25) is 0 Å². The molecule has 6 fully saturated rings. The zero-order valence-corrected chi connectivity index (χ0v) is 20.0. The summed E-state index contributed by atoms with van der Waals surface area (Å²) in [5, 5.41) is 0. The topological polar surface area (TPSA) is 75.7 Å². The van der Waals surface area contributed by atoms with Crippen LogP contribution in [0.4, 0.5) is 4.39 Å². The zero-order valence-electron chi connectivity index (χ0n) is 19.2. The maximum absolute atomic E-state index is 15.1. The molecular weight excluding hydrogens is 443 g/mol. The Morgan fingerprint density at radius 1 is 1.12 bits per heavy atom. The molecule has 6 nitrogen and oxygen atoms in total. The summed E-state index contributed by atoms with van der Waals surface area (Å²) in [6, 6.07) is 2.84. The van der Waals surface area contributed by atoms with E-state index in [-0.39, 0.29) is 16.9 Å². The van der Waals surface area contributed by atoms with Crippen LogP contribution in [0.25, 0.3) is 0 Å². The molecule has 1 heterocycles. The molecule has 6 aliphatic rings. The largest absolute Gasteiger partial charge is 0.493 e. The summed E-state index contributed by atoms with van der Waals surface area (Å²) in [5.74, 6) is 2.00. The maximum Gasteiger partial charge on any atom is 0.304 e. The lowest BCUT2D eigenvalue weighted by Crippen LogP contribution is -2.49. The molecule has 4 bridgehead atoms. The smallest absolute Gasteiger partial charge is 0.304 e. The average molecular weight is 477 g/mol. The molecule has 180 valence electrons. The van der Waals surface area contributed by atoms with Gasteiger partial charge in [-0.3, -0.25) is 4.79 Å². The second-order valence-electron chi connectivity index (χ2n) is 11.6. The number of carbonyl (C=O) groups excluding carboxylic acids is 1. The van der Waals surface area contributed by atoms with E-state index in [4.69, 9.17) is 4.74 Å².